The first-order valence-electron chi connectivity index (χ1n) is 9.11. The highest BCUT2D eigenvalue weighted by atomic mass is 32.1. The van der Waals surface area contributed by atoms with E-state index in [1.807, 2.05) is 13.0 Å². The fraction of sp³-hybridized carbons (Fsp3) is 0.400. The number of carbonyl (C=O) groups is 2. The average Bonchev–Trinajstić information content (AvgIpc) is 3.11. The van der Waals surface area contributed by atoms with Crippen LogP contribution in [0.4, 0.5) is 5.00 Å². The molecule has 0 spiro atoms. The minimum absolute atomic E-state index is 0.0496. The molecule has 2 heterocycles. The molecule has 1 aliphatic heterocycles. The van der Waals surface area contributed by atoms with Crippen LogP contribution in [0, 0.1) is 5.92 Å². The van der Waals surface area contributed by atoms with Crippen molar-refractivity contribution < 1.29 is 14.5 Å². The van der Waals surface area contributed by atoms with Crippen LogP contribution in [0.25, 0.3) is 0 Å². The lowest BCUT2D eigenvalue weighted by atomic mass is 9.89. The highest BCUT2D eigenvalue weighted by Gasteiger charge is 2.30. The van der Waals surface area contributed by atoms with Gasteiger partial charge < -0.3 is 16.0 Å². The molecule has 0 bridgehead atoms. The Bertz CT molecular complexity index is 751. The number of carbonyl (C=O) groups excluding carboxylic acids is 2. The molecule has 0 saturated carbocycles. The molecule has 6 heteroatoms. The Balaban J connectivity index is 1.51. The zero-order valence-corrected chi connectivity index (χ0v) is 15.9. The second-order valence-electron chi connectivity index (χ2n) is 7.03. The second kappa shape index (κ2) is 8.47. The second-order valence-corrected chi connectivity index (χ2v) is 7.95. The standard InChI is InChI=1S/C20H25N3O2S/c1-14(19(25)22-20-17(18(21)24)9-12-26-20)23-10-7-16(8-11-23)13-15-5-3-2-4-6-15/h2-6,9,12,14,16H,7-8,10-11,13H2,1H3,(H2,21,24)(H,22,25)/p+1/t14-/m1/s1. The van der Waals surface area contributed by atoms with Crippen molar-refractivity contribution in [3.63, 3.8) is 0 Å². The third-order valence-corrected chi connectivity index (χ3v) is 6.12. The fourth-order valence-electron chi connectivity index (χ4n) is 3.64. The number of rotatable bonds is 6. The summed E-state index contributed by atoms with van der Waals surface area (Å²) in [6, 6.07) is 12.1. The summed E-state index contributed by atoms with van der Waals surface area (Å²) in [5.41, 5.74) is 7.12. The third kappa shape index (κ3) is 4.51. The van der Waals surface area contributed by atoms with E-state index in [1.165, 1.54) is 21.8 Å². The van der Waals surface area contributed by atoms with Gasteiger partial charge in [-0.1, -0.05) is 30.3 Å². The van der Waals surface area contributed by atoms with Crippen molar-refractivity contribution >= 4 is 28.2 Å². The monoisotopic (exact) mass is 372 g/mol. The molecule has 1 aromatic heterocycles. The number of hydrogen-bond donors (Lipinski definition) is 3. The Kier molecular flexibility index (Phi) is 6.06. The number of primary amides is 1. The van der Waals surface area contributed by atoms with Crippen LogP contribution in [-0.2, 0) is 11.2 Å². The molecule has 5 nitrogen and oxygen atoms in total. The minimum atomic E-state index is -0.511. The molecular weight excluding hydrogens is 346 g/mol. The molecule has 1 atom stereocenters. The summed E-state index contributed by atoms with van der Waals surface area (Å²) in [4.78, 5) is 25.3. The Morgan fingerprint density at radius 2 is 1.92 bits per heavy atom. The molecule has 0 unspecified atom stereocenters. The first-order valence-corrected chi connectivity index (χ1v) is 9.99. The summed E-state index contributed by atoms with van der Waals surface area (Å²) in [5, 5.41) is 5.19. The van der Waals surface area contributed by atoms with Crippen LogP contribution >= 0.6 is 11.3 Å². The van der Waals surface area contributed by atoms with Gasteiger partial charge in [0.15, 0.2) is 6.04 Å². The van der Waals surface area contributed by atoms with Gasteiger partial charge in [0.25, 0.3) is 11.8 Å². The zero-order chi connectivity index (χ0) is 18.5. The van der Waals surface area contributed by atoms with Crippen LogP contribution in [0.2, 0.25) is 0 Å². The van der Waals surface area contributed by atoms with Crippen molar-refractivity contribution in [2.45, 2.75) is 32.2 Å². The molecule has 138 valence electrons. The number of piperidine rings is 1. The van der Waals surface area contributed by atoms with Gasteiger partial charge in [-0.15, -0.1) is 11.3 Å². The molecule has 4 N–H and O–H groups in total. The SMILES string of the molecule is C[C@H](C(=O)Nc1sccc1C(N)=O)[NH+]1CCC(Cc2ccccc2)CC1. The van der Waals surface area contributed by atoms with Crippen molar-refractivity contribution in [3.8, 4) is 0 Å². The molecule has 1 aromatic carbocycles. The number of hydrogen-bond acceptors (Lipinski definition) is 3. The predicted molar refractivity (Wildman–Crippen MR) is 104 cm³/mol. The molecule has 3 rings (SSSR count). The lowest BCUT2D eigenvalue weighted by Gasteiger charge is -2.32. The topological polar surface area (TPSA) is 76.6 Å². The van der Waals surface area contributed by atoms with Crippen LogP contribution in [0.3, 0.4) is 0 Å². The van der Waals surface area contributed by atoms with Crippen molar-refractivity contribution in [1.29, 1.82) is 0 Å². The normalized spacial score (nSPS) is 21.1. The molecular formula is C20H26N3O2S+. The van der Waals surface area contributed by atoms with Crippen molar-refractivity contribution in [1.82, 2.24) is 0 Å². The van der Waals surface area contributed by atoms with E-state index in [-0.39, 0.29) is 11.9 Å². The van der Waals surface area contributed by atoms with E-state index in [0.29, 0.717) is 16.5 Å². The maximum absolute atomic E-state index is 12.6. The Morgan fingerprint density at radius 3 is 2.58 bits per heavy atom. The highest BCUT2D eigenvalue weighted by Crippen LogP contribution is 2.22. The average molecular weight is 373 g/mol. The van der Waals surface area contributed by atoms with Gasteiger partial charge >= 0.3 is 0 Å². The van der Waals surface area contributed by atoms with Gasteiger partial charge in [0.1, 0.15) is 5.00 Å². The van der Waals surface area contributed by atoms with Crippen molar-refractivity contribution in [2.75, 3.05) is 18.4 Å². The first kappa shape index (κ1) is 18.6. The first-order chi connectivity index (χ1) is 12.5. The summed E-state index contributed by atoms with van der Waals surface area (Å²) < 4.78 is 0. The number of benzene rings is 1. The summed E-state index contributed by atoms with van der Waals surface area (Å²) in [6.45, 7) is 3.96. The molecule has 2 amide bonds. The summed E-state index contributed by atoms with van der Waals surface area (Å²) in [5.74, 6) is 0.130. The zero-order valence-electron chi connectivity index (χ0n) is 15.0. The van der Waals surface area contributed by atoms with Gasteiger partial charge in [0.05, 0.1) is 18.7 Å². The maximum atomic E-state index is 12.6. The minimum Gasteiger partial charge on any atom is -0.366 e. The number of anilines is 1. The Labute approximate surface area is 158 Å². The number of nitrogens with one attached hydrogen (secondary N) is 2. The molecule has 1 aliphatic rings. The van der Waals surface area contributed by atoms with Gasteiger partial charge in [-0.2, -0.15) is 0 Å². The van der Waals surface area contributed by atoms with Gasteiger partial charge in [0.2, 0.25) is 0 Å². The number of amides is 2. The van der Waals surface area contributed by atoms with Gasteiger partial charge in [-0.3, -0.25) is 9.59 Å². The highest BCUT2D eigenvalue weighted by molar-refractivity contribution is 7.14. The third-order valence-electron chi connectivity index (χ3n) is 5.29. The van der Waals surface area contributed by atoms with E-state index < -0.39 is 5.91 Å². The molecule has 0 aliphatic carbocycles. The molecule has 26 heavy (non-hydrogen) atoms. The lowest BCUT2D eigenvalue weighted by molar-refractivity contribution is -0.919. The molecule has 0 radical (unpaired) electrons. The van der Waals surface area contributed by atoms with Crippen molar-refractivity contribution in [3.05, 3.63) is 52.9 Å². The molecule has 2 aromatic rings. The van der Waals surface area contributed by atoms with E-state index >= 15 is 0 Å². The summed E-state index contributed by atoms with van der Waals surface area (Å²) in [7, 11) is 0. The van der Waals surface area contributed by atoms with Crippen LogP contribution < -0.4 is 16.0 Å². The quantitative estimate of drug-likeness (QED) is 0.722. The Hall–Kier alpha value is -2.18. The van der Waals surface area contributed by atoms with E-state index in [0.717, 1.165) is 32.4 Å². The van der Waals surface area contributed by atoms with E-state index in [4.69, 9.17) is 5.73 Å². The molecule has 1 saturated heterocycles. The number of thiophene rings is 1. The van der Waals surface area contributed by atoms with Crippen LogP contribution in [0.15, 0.2) is 41.8 Å². The summed E-state index contributed by atoms with van der Waals surface area (Å²) in [6.07, 6.45) is 3.38. The Morgan fingerprint density at radius 1 is 1.23 bits per heavy atom. The number of likely N-dealkylation sites (tertiary alicyclic amines) is 1. The predicted octanol–water partition coefficient (Wildman–Crippen LogP) is 1.71. The van der Waals surface area contributed by atoms with Gasteiger partial charge in [0, 0.05) is 0 Å². The molecule has 1 fully saturated rings. The van der Waals surface area contributed by atoms with E-state index in [9.17, 15) is 9.59 Å². The van der Waals surface area contributed by atoms with E-state index in [1.54, 1.807) is 11.4 Å². The van der Waals surface area contributed by atoms with Crippen LogP contribution in [-0.4, -0.2) is 30.9 Å². The van der Waals surface area contributed by atoms with Gasteiger partial charge in [-0.05, 0) is 49.1 Å². The number of quaternary nitrogens is 1. The summed E-state index contributed by atoms with van der Waals surface area (Å²) >= 11 is 1.33. The van der Waals surface area contributed by atoms with Crippen molar-refractivity contribution in [2.24, 2.45) is 11.7 Å². The van der Waals surface area contributed by atoms with Gasteiger partial charge in [-0.25, -0.2) is 0 Å². The number of nitrogens with two attached hydrogens (primary N) is 1. The maximum Gasteiger partial charge on any atom is 0.282 e. The fourth-order valence-corrected chi connectivity index (χ4v) is 4.43. The van der Waals surface area contributed by atoms with Crippen LogP contribution in [0.5, 0.6) is 0 Å². The smallest absolute Gasteiger partial charge is 0.282 e. The lowest BCUT2D eigenvalue weighted by Crippen LogP contribution is -3.17. The van der Waals surface area contributed by atoms with Crippen LogP contribution in [0.1, 0.15) is 35.7 Å². The largest absolute Gasteiger partial charge is 0.366 e. The van der Waals surface area contributed by atoms with E-state index in [2.05, 4.69) is 29.6 Å².